The summed E-state index contributed by atoms with van der Waals surface area (Å²) in [5.74, 6) is 1.83. The summed E-state index contributed by atoms with van der Waals surface area (Å²) in [6.45, 7) is 7.34. The molecule has 0 aromatic heterocycles. The molecule has 7 nitrogen and oxygen atoms in total. The number of methoxy groups -OCH3 is 1. The van der Waals surface area contributed by atoms with Crippen LogP contribution >= 0.6 is 0 Å². The van der Waals surface area contributed by atoms with Crippen LogP contribution in [0.4, 0.5) is 0 Å². The monoisotopic (exact) mass is 518 g/mol. The van der Waals surface area contributed by atoms with Gasteiger partial charge in [-0.25, -0.2) is 0 Å². The molecule has 3 aromatic carbocycles. The first kappa shape index (κ1) is 25.8. The molecule has 2 unspecified atom stereocenters. The van der Waals surface area contributed by atoms with Crippen LogP contribution < -0.4 is 23.7 Å². The fraction of sp³-hybridized carbons (Fsp3) is 0.387. The summed E-state index contributed by atoms with van der Waals surface area (Å²) < 4.78 is 29.3. The van der Waals surface area contributed by atoms with E-state index in [1.54, 1.807) is 7.11 Å². The van der Waals surface area contributed by atoms with E-state index in [0.29, 0.717) is 47.5 Å². The standard InChI is InChI=1S/C31H34O7/c1-5-14-35-26-13-11-21-22(29(26)34-4)16-31(30(32)33,23-8-6-7-9-24(23)36-17-19(2)3)28(21)20-10-12-25-27(15-20)38-18-37-25/h6-13,15,19,28H,5,14,16-18H2,1-4H3,(H,32,33). The molecule has 0 saturated carbocycles. The van der Waals surface area contributed by atoms with Crippen LogP contribution in [-0.4, -0.2) is 38.2 Å². The van der Waals surface area contributed by atoms with E-state index in [1.165, 1.54) is 0 Å². The zero-order valence-corrected chi connectivity index (χ0v) is 22.3. The molecule has 0 spiro atoms. The Kier molecular flexibility index (Phi) is 7.11. The Morgan fingerprint density at radius 3 is 2.58 bits per heavy atom. The summed E-state index contributed by atoms with van der Waals surface area (Å²) in [6.07, 6.45) is 1.06. The van der Waals surface area contributed by atoms with Crippen LogP contribution in [0.15, 0.2) is 54.6 Å². The van der Waals surface area contributed by atoms with Crippen molar-refractivity contribution in [3.63, 3.8) is 0 Å². The normalized spacial score (nSPS) is 19.3. The lowest BCUT2D eigenvalue weighted by Crippen LogP contribution is -2.41. The number of hydrogen-bond donors (Lipinski definition) is 1. The first-order valence-corrected chi connectivity index (χ1v) is 13.1. The van der Waals surface area contributed by atoms with Gasteiger partial charge >= 0.3 is 5.97 Å². The van der Waals surface area contributed by atoms with Crippen molar-refractivity contribution in [2.75, 3.05) is 27.1 Å². The number of rotatable bonds is 10. The van der Waals surface area contributed by atoms with E-state index in [9.17, 15) is 9.90 Å². The smallest absolute Gasteiger partial charge is 0.315 e. The molecule has 0 saturated heterocycles. The van der Waals surface area contributed by atoms with E-state index in [1.807, 2.05) is 61.5 Å². The van der Waals surface area contributed by atoms with Crippen molar-refractivity contribution in [2.24, 2.45) is 5.92 Å². The summed E-state index contributed by atoms with van der Waals surface area (Å²) in [7, 11) is 1.60. The van der Waals surface area contributed by atoms with Crippen molar-refractivity contribution >= 4 is 5.97 Å². The van der Waals surface area contributed by atoms with Crippen LogP contribution in [0.5, 0.6) is 28.7 Å². The zero-order chi connectivity index (χ0) is 26.9. The summed E-state index contributed by atoms with van der Waals surface area (Å²) in [4.78, 5) is 13.6. The quantitative estimate of drug-likeness (QED) is 0.355. The van der Waals surface area contributed by atoms with Crippen molar-refractivity contribution in [3.8, 4) is 28.7 Å². The van der Waals surface area contributed by atoms with Gasteiger partial charge in [-0.3, -0.25) is 4.79 Å². The molecule has 1 N–H and O–H groups in total. The van der Waals surface area contributed by atoms with Crippen LogP contribution in [0.1, 0.15) is 55.4 Å². The van der Waals surface area contributed by atoms with Crippen molar-refractivity contribution in [1.82, 2.24) is 0 Å². The first-order valence-electron chi connectivity index (χ1n) is 13.1. The van der Waals surface area contributed by atoms with Crippen molar-refractivity contribution in [3.05, 3.63) is 76.9 Å². The molecular formula is C31H34O7. The highest BCUT2D eigenvalue weighted by molar-refractivity contribution is 5.88. The number of carboxylic acid groups (broad SMARTS) is 1. The summed E-state index contributed by atoms with van der Waals surface area (Å²) >= 11 is 0. The number of benzene rings is 3. The fourth-order valence-corrected chi connectivity index (χ4v) is 5.61. The SMILES string of the molecule is CCCOc1ccc2c(c1OC)CC(C(=O)O)(c1ccccc1OCC(C)C)C2c1ccc2c(c1)OCO2. The molecule has 5 rings (SSSR count). The molecule has 0 fully saturated rings. The number of para-hydroxylation sites is 1. The van der Waals surface area contributed by atoms with Crippen LogP contribution in [0.3, 0.4) is 0 Å². The van der Waals surface area contributed by atoms with E-state index in [2.05, 4.69) is 13.8 Å². The van der Waals surface area contributed by atoms with Crippen molar-refractivity contribution < 1.29 is 33.6 Å². The fourth-order valence-electron chi connectivity index (χ4n) is 5.61. The minimum absolute atomic E-state index is 0.141. The number of aliphatic carboxylic acids is 1. The molecule has 0 amide bonds. The van der Waals surface area contributed by atoms with E-state index in [0.717, 1.165) is 23.1 Å². The average Bonchev–Trinajstić information content (AvgIpc) is 3.53. The Morgan fingerprint density at radius 1 is 1.05 bits per heavy atom. The summed E-state index contributed by atoms with van der Waals surface area (Å²) in [6, 6.07) is 17.0. The van der Waals surface area contributed by atoms with E-state index < -0.39 is 17.3 Å². The minimum atomic E-state index is -1.36. The first-order chi connectivity index (χ1) is 18.4. The Hall–Kier alpha value is -3.87. The maximum Gasteiger partial charge on any atom is 0.315 e. The Morgan fingerprint density at radius 2 is 1.84 bits per heavy atom. The largest absolute Gasteiger partial charge is 0.493 e. The van der Waals surface area contributed by atoms with Crippen LogP contribution in [0, 0.1) is 5.92 Å². The number of carboxylic acids is 1. The number of hydrogen-bond acceptors (Lipinski definition) is 6. The Balaban J connectivity index is 1.75. The van der Waals surface area contributed by atoms with Gasteiger partial charge in [-0.05, 0) is 54.2 Å². The van der Waals surface area contributed by atoms with Crippen LogP contribution in [0.25, 0.3) is 0 Å². The maximum absolute atomic E-state index is 13.6. The molecule has 2 atom stereocenters. The van der Waals surface area contributed by atoms with Crippen LogP contribution in [0.2, 0.25) is 0 Å². The van der Waals surface area contributed by atoms with Gasteiger partial charge in [0.05, 0.1) is 20.3 Å². The Labute approximate surface area is 223 Å². The predicted molar refractivity (Wildman–Crippen MR) is 143 cm³/mol. The summed E-state index contributed by atoms with van der Waals surface area (Å²) in [5, 5.41) is 11.1. The lowest BCUT2D eigenvalue weighted by Gasteiger charge is -2.34. The molecule has 1 aliphatic heterocycles. The van der Waals surface area contributed by atoms with Gasteiger partial charge in [-0.1, -0.05) is 51.1 Å². The molecule has 1 aliphatic carbocycles. The molecule has 3 aromatic rings. The zero-order valence-electron chi connectivity index (χ0n) is 22.3. The maximum atomic E-state index is 13.6. The third kappa shape index (κ3) is 4.30. The topological polar surface area (TPSA) is 83.5 Å². The van der Waals surface area contributed by atoms with Gasteiger partial charge in [0.2, 0.25) is 6.79 Å². The molecule has 1 heterocycles. The van der Waals surface area contributed by atoms with Gasteiger partial charge in [0.25, 0.3) is 0 Å². The van der Waals surface area contributed by atoms with E-state index in [4.69, 9.17) is 23.7 Å². The highest BCUT2D eigenvalue weighted by Crippen LogP contribution is 2.58. The second-order valence-electron chi connectivity index (χ2n) is 10.2. The van der Waals surface area contributed by atoms with Crippen molar-refractivity contribution in [2.45, 2.75) is 44.9 Å². The van der Waals surface area contributed by atoms with E-state index >= 15 is 0 Å². The molecule has 2 aliphatic rings. The lowest BCUT2D eigenvalue weighted by atomic mass is 9.67. The highest BCUT2D eigenvalue weighted by atomic mass is 16.7. The molecule has 7 heteroatoms. The van der Waals surface area contributed by atoms with E-state index in [-0.39, 0.29) is 19.1 Å². The second-order valence-corrected chi connectivity index (χ2v) is 10.2. The molecule has 0 bridgehead atoms. The van der Waals surface area contributed by atoms with Gasteiger partial charge in [0, 0.05) is 17.0 Å². The van der Waals surface area contributed by atoms with Crippen LogP contribution in [-0.2, 0) is 16.6 Å². The molecule has 38 heavy (non-hydrogen) atoms. The lowest BCUT2D eigenvalue weighted by molar-refractivity contribution is -0.144. The number of ether oxygens (including phenoxy) is 5. The average molecular weight is 519 g/mol. The number of fused-ring (bicyclic) bond motifs is 2. The van der Waals surface area contributed by atoms with Gasteiger partial charge in [0.1, 0.15) is 11.2 Å². The third-order valence-corrected chi connectivity index (χ3v) is 7.24. The third-order valence-electron chi connectivity index (χ3n) is 7.24. The van der Waals surface area contributed by atoms with Crippen molar-refractivity contribution in [1.29, 1.82) is 0 Å². The van der Waals surface area contributed by atoms with Gasteiger partial charge < -0.3 is 28.8 Å². The molecule has 200 valence electrons. The minimum Gasteiger partial charge on any atom is -0.493 e. The van der Waals surface area contributed by atoms with Gasteiger partial charge in [-0.2, -0.15) is 0 Å². The summed E-state index contributed by atoms with van der Waals surface area (Å²) in [5.41, 5.74) is 1.79. The second kappa shape index (κ2) is 10.5. The highest BCUT2D eigenvalue weighted by Gasteiger charge is 2.56. The van der Waals surface area contributed by atoms with Gasteiger partial charge in [0.15, 0.2) is 23.0 Å². The number of carbonyl (C=O) groups is 1. The molecular weight excluding hydrogens is 484 g/mol. The predicted octanol–water partition coefficient (Wildman–Crippen LogP) is 5.96. The molecule has 0 radical (unpaired) electrons. The Bertz CT molecular complexity index is 1330. The van der Waals surface area contributed by atoms with Gasteiger partial charge in [-0.15, -0.1) is 0 Å².